The molecule has 0 amide bonds. The summed E-state index contributed by atoms with van der Waals surface area (Å²) in [5.41, 5.74) is -8.54. The Kier molecular flexibility index (Phi) is 1.19. The Morgan fingerprint density at radius 1 is 1.15 bits per heavy atom. The van der Waals surface area contributed by atoms with E-state index in [9.17, 15) is 26.3 Å². The van der Waals surface area contributed by atoms with Crippen molar-refractivity contribution in [2.45, 2.75) is 24.2 Å². The molecule has 2 aliphatic rings. The number of halogens is 6. The molecule has 2 aliphatic carbocycles. The van der Waals surface area contributed by atoms with Crippen molar-refractivity contribution in [2.24, 2.45) is 5.92 Å². The lowest BCUT2D eigenvalue weighted by Gasteiger charge is -2.38. The minimum Gasteiger partial charge on any atom is -0.234 e. The molecule has 0 N–H and O–H groups in total. The zero-order chi connectivity index (χ0) is 10.2. The fourth-order valence-corrected chi connectivity index (χ4v) is 2.03. The minimum atomic E-state index is -4.01. The summed E-state index contributed by atoms with van der Waals surface area (Å²) >= 11 is 0. The van der Waals surface area contributed by atoms with E-state index in [1.54, 1.807) is 0 Å². The molecule has 2 fully saturated rings. The Morgan fingerprint density at radius 3 is 1.77 bits per heavy atom. The molecule has 2 rings (SSSR count). The average Bonchev–Trinajstić information content (AvgIpc) is 2.48. The fourth-order valence-electron chi connectivity index (χ4n) is 2.03. The van der Waals surface area contributed by atoms with Gasteiger partial charge in [-0.1, -0.05) is 6.92 Å². The van der Waals surface area contributed by atoms with Gasteiger partial charge in [-0.2, -0.15) is 8.78 Å². The van der Waals surface area contributed by atoms with E-state index in [2.05, 4.69) is 0 Å². The highest BCUT2D eigenvalue weighted by molar-refractivity contribution is 5.65. The first kappa shape index (κ1) is 8.90. The van der Waals surface area contributed by atoms with Crippen LogP contribution < -0.4 is 0 Å². The number of fused-ring (bicyclic) bond motifs is 1. The normalized spacial score (nSPS) is 51.0. The van der Waals surface area contributed by atoms with Crippen LogP contribution in [0.2, 0.25) is 0 Å². The molecule has 3 unspecified atom stereocenters. The number of hydrogen-bond donors (Lipinski definition) is 0. The van der Waals surface area contributed by atoms with Crippen molar-refractivity contribution in [3.63, 3.8) is 0 Å². The van der Waals surface area contributed by atoms with Crippen molar-refractivity contribution in [1.82, 2.24) is 0 Å². The molecule has 0 aromatic heterocycles. The second-order valence-corrected chi connectivity index (χ2v) is 3.35. The van der Waals surface area contributed by atoms with Crippen LogP contribution in [0.1, 0.15) is 6.92 Å². The molecule has 0 radical (unpaired) electrons. The molecule has 6 heteroatoms. The highest BCUT2D eigenvalue weighted by Gasteiger charge is 3.02. The molecule has 74 valence electrons. The van der Waals surface area contributed by atoms with E-state index in [1.807, 2.05) is 0 Å². The second kappa shape index (κ2) is 1.74. The van der Waals surface area contributed by atoms with Gasteiger partial charge in [-0.05, 0) is 0 Å². The van der Waals surface area contributed by atoms with Crippen LogP contribution in [-0.4, -0.2) is 17.3 Å². The lowest BCUT2D eigenvalue weighted by molar-refractivity contribution is -0.232. The van der Waals surface area contributed by atoms with Gasteiger partial charge in [0.1, 0.15) is 0 Å². The van der Waals surface area contributed by atoms with Gasteiger partial charge in [0, 0.05) is 0 Å². The van der Waals surface area contributed by atoms with Gasteiger partial charge in [0.05, 0.1) is 11.5 Å². The molecule has 0 aromatic rings. The van der Waals surface area contributed by atoms with Gasteiger partial charge in [0.2, 0.25) is 5.67 Å². The van der Waals surface area contributed by atoms with Crippen molar-refractivity contribution in [1.29, 1.82) is 0 Å². The van der Waals surface area contributed by atoms with Crippen LogP contribution in [-0.2, 0) is 0 Å². The average molecular weight is 202 g/mol. The molecular weight excluding hydrogens is 198 g/mol. The summed E-state index contributed by atoms with van der Waals surface area (Å²) in [5.74, 6) is -6.03. The first-order valence-electron chi connectivity index (χ1n) is 3.54. The van der Waals surface area contributed by atoms with E-state index in [4.69, 9.17) is 0 Å². The summed E-state index contributed by atoms with van der Waals surface area (Å²) in [5, 5.41) is 0. The predicted octanol–water partition coefficient (Wildman–Crippen LogP) is 2.85. The number of allylic oxidation sites excluding steroid dienone is 1. The van der Waals surface area contributed by atoms with E-state index in [-0.39, 0.29) is 0 Å². The van der Waals surface area contributed by atoms with Crippen LogP contribution in [0.15, 0.2) is 11.7 Å². The molecule has 0 heterocycles. The predicted molar refractivity (Wildman–Crippen MR) is 31.0 cm³/mol. The van der Waals surface area contributed by atoms with Crippen LogP contribution in [0, 0.1) is 5.92 Å². The van der Waals surface area contributed by atoms with Crippen LogP contribution in [0.4, 0.5) is 26.3 Å². The summed E-state index contributed by atoms with van der Waals surface area (Å²) in [7, 11) is 0. The lowest BCUT2D eigenvalue weighted by Crippen LogP contribution is -2.59. The Balaban J connectivity index is 2.53. The van der Waals surface area contributed by atoms with Crippen LogP contribution in [0.25, 0.3) is 0 Å². The summed E-state index contributed by atoms with van der Waals surface area (Å²) in [6.45, 7) is 0.716. The van der Waals surface area contributed by atoms with Gasteiger partial charge in [-0.25, -0.2) is 17.6 Å². The van der Waals surface area contributed by atoms with Gasteiger partial charge >= 0.3 is 0 Å². The Hall–Kier alpha value is -0.680. The monoisotopic (exact) mass is 202 g/mol. The number of rotatable bonds is 0. The Bertz CT molecular complexity index is 317. The maximum absolute atomic E-state index is 13.1. The van der Waals surface area contributed by atoms with Crippen molar-refractivity contribution >= 4 is 0 Å². The molecule has 0 aliphatic heterocycles. The minimum absolute atomic E-state index is 0.716. The molecule has 0 aromatic carbocycles. The van der Waals surface area contributed by atoms with Crippen LogP contribution in [0.5, 0.6) is 0 Å². The molecule has 13 heavy (non-hydrogen) atoms. The van der Waals surface area contributed by atoms with E-state index >= 15 is 0 Å². The summed E-state index contributed by atoms with van der Waals surface area (Å²) in [4.78, 5) is 0. The van der Waals surface area contributed by atoms with Crippen molar-refractivity contribution < 1.29 is 26.3 Å². The van der Waals surface area contributed by atoms with E-state index in [0.29, 0.717) is 6.92 Å². The van der Waals surface area contributed by atoms with E-state index < -0.39 is 34.8 Å². The van der Waals surface area contributed by atoms with Crippen LogP contribution in [0.3, 0.4) is 0 Å². The number of alkyl halides is 4. The van der Waals surface area contributed by atoms with Gasteiger partial charge in [0.25, 0.3) is 12.0 Å². The molecule has 0 saturated heterocycles. The molecule has 0 bridgehead atoms. The summed E-state index contributed by atoms with van der Waals surface area (Å²) in [6.07, 6.45) is -2.67. The number of hydrogen-bond acceptors (Lipinski definition) is 0. The summed E-state index contributed by atoms with van der Waals surface area (Å²) < 4.78 is 74.9. The van der Waals surface area contributed by atoms with Crippen LogP contribution >= 0.6 is 0 Å². The zero-order valence-electron chi connectivity index (χ0n) is 6.35. The summed E-state index contributed by atoms with van der Waals surface area (Å²) in [6, 6.07) is 0. The van der Waals surface area contributed by atoms with Gasteiger partial charge in [0.15, 0.2) is 5.67 Å². The maximum Gasteiger partial charge on any atom is 0.295 e. The van der Waals surface area contributed by atoms with E-state index in [0.717, 1.165) is 0 Å². The first-order valence-corrected chi connectivity index (χ1v) is 3.54. The SMILES string of the molecule is CC1C(F)(F)C2(F)C(=C(F)F)C12F. The largest absolute Gasteiger partial charge is 0.295 e. The second-order valence-electron chi connectivity index (χ2n) is 3.35. The highest BCUT2D eigenvalue weighted by Crippen LogP contribution is 2.82. The third-order valence-electron chi connectivity index (χ3n) is 2.94. The first-order chi connectivity index (χ1) is 5.72. The third kappa shape index (κ3) is 0.524. The smallest absolute Gasteiger partial charge is 0.234 e. The molecule has 3 atom stereocenters. The van der Waals surface area contributed by atoms with Crippen molar-refractivity contribution in [3.8, 4) is 0 Å². The lowest BCUT2D eigenvalue weighted by atomic mass is 9.78. The van der Waals surface area contributed by atoms with Gasteiger partial charge in [-0.15, -0.1) is 0 Å². The van der Waals surface area contributed by atoms with Gasteiger partial charge < -0.3 is 0 Å². The molecule has 0 nitrogen and oxygen atoms in total. The van der Waals surface area contributed by atoms with Crippen molar-refractivity contribution in [3.05, 3.63) is 11.7 Å². The Labute approximate surface area is 69.2 Å². The van der Waals surface area contributed by atoms with E-state index in [1.165, 1.54) is 0 Å². The van der Waals surface area contributed by atoms with Crippen molar-refractivity contribution in [2.75, 3.05) is 0 Å². The molecule has 0 spiro atoms. The molecule has 2 saturated carbocycles. The highest BCUT2D eigenvalue weighted by atomic mass is 19.3. The maximum atomic E-state index is 13.1. The topological polar surface area (TPSA) is 0 Å². The Morgan fingerprint density at radius 2 is 1.62 bits per heavy atom. The zero-order valence-corrected chi connectivity index (χ0v) is 6.35. The quantitative estimate of drug-likeness (QED) is 0.530. The molecular formula is C7H4F6. The van der Waals surface area contributed by atoms with Gasteiger partial charge in [-0.3, -0.25) is 0 Å². The third-order valence-corrected chi connectivity index (χ3v) is 2.94. The standard InChI is InChI=1S/C7H4F6/c1-2-5(10)3(4(8)9)6(5,11)7(2,12)13/h2H,1H3. The fraction of sp³-hybridized carbons (Fsp3) is 0.714.